The van der Waals surface area contributed by atoms with Crippen molar-refractivity contribution < 1.29 is 13.9 Å². The smallest absolute Gasteiger partial charge is 0.238 e. The summed E-state index contributed by atoms with van der Waals surface area (Å²) in [5.74, 6) is -0.735. The van der Waals surface area contributed by atoms with Gasteiger partial charge in [0.05, 0.1) is 5.69 Å². The van der Waals surface area contributed by atoms with Crippen molar-refractivity contribution in [1.29, 1.82) is 0 Å². The summed E-state index contributed by atoms with van der Waals surface area (Å²) in [6.45, 7) is 1.68. The summed E-state index contributed by atoms with van der Waals surface area (Å²) >= 11 is 12.5. The van der Waals surface area contributed by atoms with Crippen LogP contribution in [-0.2, 0) is 10.5 Å². The maximum Gasteiger partial charge on any atom is 0.238 e. The van der Waals surface area contributed by atoms with E-state index < -0.39 is 5.95 Å². The van der Waals surface area contributed by atoms with Crippen molar-refractivity contribution in [3.05, 3.63) is 51.4 Å². The number of aryl methyl sites for hydroxylation is 1. The molecule has 0 unspecified atom stereocenters. The average molecular weight is 375 g/mol. The highest BCUT2D eigenvalue weighted by Gasteiger charge is 2.17. The number of pyridine rings is 1. The van der Waals surface area contributed by atoms with Crippen LogP contribution in [0.4, 0.5) is 10.1 Å². The number of nitrogens with two attached hydrogens (primary N) is 1. The molecule has 0 fully saturated rings. The van der Waals surface area contributed by atoms with Crippen molar-refractivity contribution >= 4 is 45.8 Å². The molecule has 2 rings (SSSR count). The fourth-order valence-corrected chi connectivity index (χ4v) is 2.77. The van der Waals surface area contributed by atoms with Gasteiger partial charge in [-0.05, 0) is 12.5 Å². The molecule has 0 bridgehead atoms. The number of benzene rings is 1. The van der Waals surface area contributed by atoms with Crippen LogP contribution in [0.2, 0.25) is 10.0 Å². The maximum atomic E-state index is 13.4. The molecule has 0 aliphatic rings. The van der Waals surface area contributed by atoms with E-state index in [1.807, 2.05) is 31.2 Å². The number of rotatable bonds is 5. The first-order chi connectivity index (χ1) is 10.9. The Morgan fingerprint density at radius 2 is 2.13 bits per heavy atom. The second-order valence-electron chi connectivity index (χ2n) is 4.69. The highest BCUT2D eigenvalue weighted by atomic mass is 35.5. The zero-order chi connectivity index (χ0) is 17.0. The first kappa shape index (κ1) is 17.8. The van der Waals surface area contributed by atoms with Crippen molar-refractivity contribution in [2.75, 3.05) is 12.3 Å². The molecular weight excluding hydrogens is 362 g/mol. The van der Waals surface area contributed by atoms with Crippen LogP contribution in [0, 0.1) is 12.9 Å². The minimum Gasteiger partial charge on any atom is -0.467 e. The summed E-state index contributed by atoms with van der Waals surface area (Å²) in [6, 6.07) is 7.83. The van der Waals surface area contributed by atoms with Crippen molar-refractivity contribution in [2.24, 2.45) is 0 Å². The molecule has 122 valence electrons. The van der Waals surface area contributed by atoms with Crippen LogP contribution in [0.25, 0.3) is 0 Å². The van der Waals surface area contributed by atoms with Crippen LogP contribution in [0.5, 0.6) is 5.88 Å². The van der Waals surface area contributed by atoms with Crippen LogP contribution in [0.1, 0.15) is 11.1 Å². The molecule has 1 aromatic carbocycles. The Labute approximate surface area is 147 Å². The van der Waals surface area contributed by atoms with Gasteiger partial charge in [-0.25, -0.2) is 0 Å². The fourth-order valence-electron chi connectivity index (χ4n) is 1.74. The van der Waals surface area contributed by atoms with E-state index in [4.69, 9.17) is 33.7 Å². The molecule has 0 atom stereocenters. The number of aromatic nitrogens is 1. The van der Waals surface area contributed by atoms with Gasteiger partial charge >= 0.3 is 0 Å². The lowest BCUT2D eigenvalue weighted by atomic mass is 10.2. The molecule has 23 heavy (non-hydrogen) atoms. The summed E-state index contributed by atoms with van der Waals surface area (Å²) in [5.41, 5.74) is 7.50. The highest BCUT2D eigenvalue weighted by molar-refractivity contribution is 8.13. The number of nitrogens with zero attached hydrogens (tertiary/aromatic N) is 1. The predicted molar refractivity (Wildman–Crippen MR) is 91.6 cm³/mol. The highest BCUT2D eigenvalue weighted by Crippen LogP contribution is 2.35. The van der Waals surface area contributed by atoms with Crippen LogP contribution in [0.3, 0.4) is 0 Å². The topological polar surface area (TPSA) is 65.2 Å². The largest absolute Gasteiger partial charge is 0.467 e. The molecule has 1 heterocycles. The minimum atomic E-state index is -0.997. The van der Waals surface area contributed by atoms with E-state index >= 15 is 0 Å². The first-order valence-electron chi connectivity index (χ1n) is 6.52. The van der Waals surface area contributed by atoms with Crippen LogP contribution in [0.15, 0.2) is 24.3 Å². The zero-order valence-electron chi connectivity index (χ0n) is 12.1. The third kappa shape index (κ3) is 4.73. The number of halogens is 3. The average Bonchev–Trinajstić information content (AvgIpc) is 2.53. The van der Waals surface area contributed by atoms with E-state index in [1.165, 1.54) is 0 Å². The molecule has 0 aliphatic carbocycles. The minimum absolute atomic E-state index is 0.118. The Bertz CT molecular complexity index is 744. The summed E-state index contributed by atoms with van der Waals surface area (Å²) in [6.07, 6.45) is 0. The second-order valence-corrected chi connectivity index (χ2v) is 6.48. The molecule has 0 amide bonds. The van der Waals surface area contributed by atoms with Gasteiger partial charge in [0.2, 0.25) is 16.9 Å². The number of hydrogen-bond acceptors (Lipinski definition) is 5. The summed E-state index contributed by atoms with van der Waals surface area (Å²) < 4.78 is 18.5. The maximum absolute atomic E-state index is 13.4. The molecule has 2 N–H and O–H groups in total. The molecule has 0 spiro atoms. The van der Waals surface area contributed by atoms with E-state index in [2.05, 4.69) is 4.98 Å². The molecule has 8 heteroatoms. The van der Waals surface area contributed by atoms with Gasteiger partial charge in [-0.15, -0.1) is 0 Å². The molecule has 0 aliphatic heterocycles. The molecule has 0 radical (unpaired) electrons. The van der Waals surface area contributed by atoms with Gasteiger partial charge in [0.15, 0.2) is 6.61 Å². The number of hydrogen-bond donors (Lipinski definition) is 1. The third-order valence-corrected chi connectivity index (χ3v) is 4.49. The third-order valence-electron chi connectivity index (χ3n) is 2.85. The lowest BCUT2D eigenvalue weighted by molar-refractivity contribution is -0.112. The number of ether oxygens (including phenoxy) is 1. The van der Waals surface area contributed by atoms with Gasteiger partial charge in [0.1, 0.15) is 10.0 Å². The van der Waals surface area contributed by atoms with E-state index in [0.717, 1.165) is 22.9 Å². The molecule has 0 saturated carbocycles. The quantitative estimate of drug-likeness (QED) is 0.792. The van der Waals surface area contributed by atoms with E-state index in [-0.39, 0.29) is 33.3 Å². The lowest BCUT2D eigenvalue weighted by Crippen LogP contribution is -2.10. The van der Waals surface area contributed by atoms with Crippen molar-refractivity contribution in [2.45, 2.75) is 12.7 Å². The Morgan fingerprint density at radius 3 is 2.83 bits per heavy atom. The van der Waals surface area contributed by atoms with Crippen molar-refractivity contribution in [3.63, 3.8) is 0 Å². The Hall–Kier alpha value is -1.50. The molecule has 1 aromatic heterocycles. The van der Waals surface area contributed by atoms with Crippen molar-refractivity contribution in [1.82, 2.24) is 4.98 Å². The Morgan fingerprint density at radius 1 is 1.39 bits per heavy atom. The number of anilines is 1. The van der Waals surface area contributed by atoms with Gasteiger partial charge in [-0.2, -0.15) is 9.37 Å². The van der Waals surface area contributed by atoms with Gasteiger partial charge in [-0.3, -0.25) is 4.79 Å². The summed E-state index contributed by atoms with van der Waals surface area (Å²) in [4.78, 5) is 15.3. The fraction of sp³-hybridized carbons (Fsp3) is 0.200. The summed E-state index contributed by atoms with van der Waals surface area (Å²) in [5, 5.41) is -0.728. The molecule has 4 nitrogen and oxygen atoms in total. The molecule has 0 saturated heterocycles. The van der Waals surface area contributed by atoms with Crippen LogP contribution >= 0.6 is 35.0 Å². The van der Waals surface area contributed by atoms with E-state index in [0.29, 0.717) is 5.75 Å². The zero-order valence-corrected chi connectivity index (χ0v) is 14.4. The lowest BCUT2D eigenvalue weighted by Gasteiger charge is -2.09. The van der Waals surface area contributed by atoms with E-state index in [1.54, 1.807) is 0 Å². The predicted octanol–water partition coefficient (Wildman–Crippen LogP) is 4.26. The summed E-state index contributed by atoms with van der Waals surface area (Å²) in [7, 11) is 0. The number of thioether (sulfide) groups is 1. The van der Waals surface area contributed by atoms with Crippen LogP contribution < -0.4 is 10.5 Å². The Kier molecular flexibility index (Phi) is 6.10. The van der Waals surface area contributed by atoms with E-state index in [9.17, 15) is 9.18 Å². The standard InChI is InChI=1S/C15H13Cl2FN2O2S/c1-8-3-2-4-9(5-8)7-23-10(21)6-22-15-12(17)13(19)11(16)14(18)20-15/h2-5H,6-7H2,1H3,(H2,19,20). The first-order valence-corrected chi connectivity index (χ1v) is 8.26. The van der Waals surface area contributed by atoms with Crippen LogP contribution in [-0.4, -0.2) is 16.7 Å². The van der Waals surface area contributed by atoms with Gasteiger partial charge < -0.3 is 10.5 Å². The van der Waals surface area contributed by atoms with Gasteiger partial charge in [0, 0.05) is 5.75 Å². The van der Waals surface area contributed by atoms with Gasteiger partial charge in [-0.1, -0.05) is 64.8 Å². The number of nitrogen functional groups attached to an aromatic ring is 1. The number of carbonyl (C=O) groups is 1. The molecule has 2 aromatic rings. The second kappa shape index (κ2) is 7.86. The normalized spacial score (nSPS) is 10.6. The molecular formula is C15H13Cl2FN2O2S. The SMILES string of the molecule is Cc1cccc(CSC(=O)COc2nc(F)c(Cl)c(N)c2Cl)c1. The monoisotopic (exact) mass is 374 g/mol. The van der Waals surface area contributed by atoms with Gasteiger partial charge in [0.25, 0.3) is 0 Å². The van der Waals surface area contributed by atoms with Crippen molar-refractivity contribution in [3.8, 4) is 5.88 Å². The number of carbonyl (C=O) groups excluding carboxylic acids is 1. The Balaban J connectivity index is 1.92.